The predicted octanol–water partition coefficient (Wildman–Crippen LogP) is 4.36. The SMILES string of the molecule is CCc1cc(C(F)(F)F)c2cnc3ccccc3c2n1. The van der Waals surface area contributed by atoms with Gasteiger partial charge < -0.3 is 0 Å². The topological polar surface area (TPSA) is 25.8 Å². The summed E-state index contributed by atoms with van der Waals surface area (Å²) in [6, 6.07) is 8.20. The fourth-order valence-electron chi connectivity index (χ4n) is 2.28. The fraction of sp³-hybridized carbons (Fsp3) is 0.200. The van der Waals surface area contributed by atoms with E-state index in [1.54, 1.807) is 31.2 Å². The van der Waals surface area contributed by atoms with Crippen molar-refractivity contribution < 1.29 is 13.2 Å². The molecule has 0 radical (unpaired) electrons. The van der Waals surface area contributed by atoms with Crippen molar-refractivity contribution in [1.29, 1.82) is 0 Å². The first kappa shape index (κ1) is 12.8. The summed E-state index contributed by atoms with van der Waals surface area (Å²) in [5, 5.41) is 0.694. The second kappa shape index (κ2) is 4.44. The van der Waals surface area contributed by atoms with E-state index >= 15 is 0 Å². The maximum atomic E-state index is 13.2. The third-order valence-electron chi connectivity index (χ3n) is 3.27. The van der Waals surface area contributed by atoms with Crippen LogP contribution in [0.25, 0.3) is 21.8 Å². The zero-order valence-corrected chi connectivity index (χ0v) is 10.7. The van der Waals surface area contributed by atoms with E-state index in [-0.39, 0.29) is 5.39 Å². The number of benzene rings is 1. The number of hydrogen-bond acceptors (Lipinski definition) is 2. The van der Waals surface area contributed by atoms with Crippen LogP contribution in [0.4, 0.5) is 13.2 Å². The largest absolute Gasteiger partial charge is 0.417 e. The Kier molecular flexibility index (Phi) is 2.85. The Morgan fingerprint density at radius 2 is 1.85 bits per heavy atom. The number of rotatable bonds is 1. The lowest BCUT2D eigenvalue weighted by molar-refractivity contribution is -0.136. The molecule has 0 unspecified atom stereocenters. The average Bonchev–Trinajstić information content (AvgIpc) is 2.44. The number of nitrogens with zero attached hydrogens (tertiary/aromatic N) is 2. The van der Waals surface area contributed by atoms with Crippen LogP contribution in [-0.2, 0) is 12.6 Å². The van der Waals surface area contributed by atoms with Gasteiger partial charge in [0.1, 0.15) is 0 Å². The summed E-state index contributed by atoms with van der Waals surface area (Å²) in [6.45, 7) is 1.79. The Morgan fingerprint density at radius 3 is 2.55 bits per heavy atom. The lowest BCUT2D eigenvalue weighted by Crippen LogP contribution is -2.08. The average molecular weight is 276 g/mol. The summed E-state index contributed by atoms with van der Waals surface area (Å²) < 4.78 is 39.5. The number of para-hydroxylation sites is 1. The van der Waals surface area contributed by atoms with Crippen molar-refractivity contribution in [1.82, 2.24) is 9.97 Å². The van der Waals surface area contributed by atoms with Crippen molar-refractivity contribution in [2.45, 2.75) is 19.5 Å². The van der Waals surface area contributed by atoms with Crippen LogP contribution in [0.15, 0.2) is 36.5 Å². The Hall–Kier alpha value is -2.17. The maximum Gasteiger partial charge on any atom is 0.417 e. The Balaban J connectivity index is 2.49. The molecule has 0 atom stereocenters. The number of aromatic nitrogens is 2. The Bertz CT molecular complexity index is 794. The summed E-state index contributed by atoms with van der Waals surface area (Å²) in [6.07, 6.45) is -2.70. The number of aryl methyl sites for hydroxylation is 1. The molecule has 2 aromatic heterocycles. The number of alkyl halides is 3. The highest BCUT2D eigenvalue weighted by atomic mass is 19.4. The van der Waals surface area contributed by atoms with Crippen LogP contribution in [0, 0.1) is 0 Å². The van der Waals surface area contributed by atoms with Crippen LogP contribution in [0.2, 0.25) is 0 Å². The molecule has 0 amide bonds. The van der Waals surface area contributed by atoms with Gasteiger partial charge in [-0.3, -0.25) is 9.97 Å². The van der Waals surface area contributed by atoms with E-state index in [2.05, 4.69) is 9.97 Å². The monoisotopic (exact) mass is 276 g/mol. The minimum atomic E-state index is -4.41. The molecular formula is C15H11F3N2. The molecule has 0 spiro atoms. The Labute approximate surface area is 113 Å². The third kappa shape index (κ3) is 1.99. The molecular weight excluding hydrogens is 265 g/mol. The predicted molar refractivity (Wildman–Crippen MR) is 71.4 cm³/mol. The molecule has 3 aromatic rings. The highest BCUT2D eigenvalue weighted by molar-refractivity contribution is 6.04. The van der Waals surface area contributed by atoms with Gasteiger partial charge in [0.05, 0.1) is 16.6 Å². The molecule has 102 valence electrons. The van der Waals surface area contributed by atoms with Gasteiger partial charge in [0.15, 0.2) is 0 Å². The van der Waals surface area contributed by atoms with E-state index in [0.717, 1.165) is 6.07 Å². The zero-order chi connectivity index (χ0) is 14.3. The van der Waals surface area contributed by atoms with Gasteiger partial charge in [-0.2, -0.15) is 13.2 Å². The molecule has 5 heteroatoms. The van der Waals surface area contributed by atoms with Crippen molar-refractivity contribution in [3.8, 4) is 0 Å². The summed E-state index contributed by atoms with van der Waals surface area (Å²) in [4.78, 5) is 8.46. The quantitative estimate of drug-likeness (QED) is 0.617. The molecule has 2 heterocycles. The highest BCUT2D eigenvalue weighted by Gasteiger charge is 2.33. The van der Waals surface area contributed by atoms with Crippen LogP contribution >= 0.6 is 0 Å². The van der Waals surface area contributed by atoms with Crippen molar-refractivity contribution in [2.75, 3.05) is 0 Å². The summed E-state index contributed by atoms with van der Waals surface area (Å²) in [5.74, 6) is 0. The van der Waals surface area contributed by atoms with Crippen LogP contribution in [0.1, 0.15) is 18.2 Å². The van der Waals surface area contributed by atoms with Crippen LogP contribution < -0.4 is 0 Å². The molecule has 3 rings (SSSR count). The number of hydrogen-bond donors (Lipinski definition) is 0. The number of halogens is 3. The second-order valence-electron chi connectivity index (χ2n) is 4.55. The van der Waals surface area contributed by atoms with Crippen LogP contribution in [-0.4, -0.2) is 9.97 Å². The first-order valence-electron chi connectivity index (χ1n) is 6.25. The van der Waals surface area contributed by atoms with Gasteiger partial charge in [0.25, 0.3) is 0 Å². The Morgan fingerprint density at radius 1 is 1.10 bits per heavy atom. The molecule has 0 bridgehead atoms. The standard InChI is InChI=1S/C15H11F3N2/c1-2-9-7-12(15(16,17)18)11-8-19-13-6-4-3-5-10(13)14(11)20-9/h3-8H,2H2,1H3. The summed E-state index contributed by atoms with van der Waals surface area (Å²) in [5.41, 5.74) is 0.773. The second-order valence-corrected chi connectivity index (χ2v) is 4.55. The zero-order valence-electron chi connectivity index (χ0n) is 10.7. The van der Waals surface area contributed by atoms with Crippen molar-refractivity contribution in [3.63, 3.8) is 0 Å². The van der Waals surface area contributed by atoms with E-state index in [1.807, 2.05) is 0 Å². The fourth-order valence-corrected chi connectivity index (χ4v) is 2.28. The van der Waals surface area contributed by atoms with E-state index in [4.69, 9.17) is 0 Å². The molecule has 0 aliphatic heterocycles. The van der Waals surface area contributed by atoms with Gasteiger partial charge in [0, 0.05) is 22.7 Å². The number of pyridine rings is 2. The third-order valence-corrected chi connectivity index (χ3v) is 3.27. The van der Waals surface area contributed by atoms with Gasteiger partial charge >= 0.3 is 6.18 Å². The van der Waals surface area contributed by atoms with Gasteiger partial charge in [-0.25, -0.2) is 0 Å². The van der Waals surface area contributed by atoms with Crippen molar-refractivity contribution >= 4 is 21.8 Å². The first-order chi connectivity index (χ1) is 9.50. The molecule has 0 fully saturated rings. The smallest absolute Gasteiger partial charge is 0.255 e. The first-order valence-corrected chi connectivity index (χ1v) is 6.25. The molecule has 0 aliphatic rings. The molecule has 0 aliphatic carbocycles. The van der Waals surface area contributed by atoms with Crippen LogP contribution in [0.5, 0.6) is 0 Å². The normalized spacial score (nSPS) is 12.2. The van der Waals surface area contributed by atoms with E-state index in [0.29, 0.717) is 28.5 Å². The van der Waals surface area contributed by atoms with E-state index in [1.165, 1.54) is 6.20 Å². The minimum absolute atomic E-state index is 0.0494. The molecule has 0 saturated heterocycles. The molecule has 0 saturated carbocycles. The lowest BCUT2D eigenvalue weighted by Gasteiger charge is -2.13. The van der Waals surface area contributed by atoms with Crippen LogP contribution in [0.3, 0.4) is 0 Å². The highest BCUT2D eigenvalue weighted by Crippen LogP contribution is 2.36. The van der Waals surface area contributed by atoms with Crippen molar-refractivity contribution in [2.24, 2.45) is 0 Å². The maximum absolute atomic E-state index is 13.2. The van der Waals surface area contributed by atoms with Gasteiger partial charge in [-0.15, -0.1) is 0 Å². The summed E-state index contributed by atoms with van der Waals surface area (Å²) >= 11 is 0. The molecule has 2 nitrogen and oxygen atoms in total. The summed E-state index contributed by atoms with van der Waals surface area (Å²) in [7, 11) is 0. The lowest BCUT2D eigenvalue weighted by atomic mass is 10.0. The number of fused-ring (bicyclic) bond motifs is 3. The van der Waals surface area contributed by atoms with Gasteiger partial charge in [0.2, 0.25) is 0 Å². The van der Waals surface area contributed by atoms with Gasteiger partial charge in [-0.1, -0.05) is 25.1 Å². The van der Waals surface area contributed by atoms with E-state index in [9.17, 15) is 13.2 Å². The molecule has 20 heavy (non-hydrogen) atoms. The molecule has 1 aromatic carbocycles. The van der Waals surface area contributed by atoms with Gasteiger partial charge in [-0.05, 0) is 18.6 Å². The molecule has 0 N–H and O–H groups in total. The van der Waals surface area contributed by atoms with Crippen molar-refractivity contribution in [3.05, 3.63) is 47.8 Å². The minimum Gasteiger partial charge on any atom is -0.255 e. The van der Waals surface area contributed by atoms with E-state index < -0.39 is 11.7 Å².